The Kier molecular flexibility index (Phi) is 4.91. The van der Waals surface area contributed by atoms with Crippen LogP contribution in [0, 0.1) is 6.92 Å². The van der Waals surface area contributed by atoms with E-state index in [4.69, 9.17) is 30.6 Å². The van der Waals surface area contributed by atoms with Crippen LogP contribution in [0.5, 0.6) is 5.75 Å². The highest BCUT2D eigenvalue weighted by Gasteiger charge is 2.48. The largest absolute Gasteiger partial charge is 0.479 e. The summed E-state index contributed by atoms with van der Waals surface area (Å²) in [7, 11) is 0. The van der Waals surface area contributed by atoms with Crippen molar-refractivity contribution in [1.29, 1.82) is 0 Å². The molecule has 4 N–H and O–H groups in total. The smallest absolute Gasteiger partial charge is 0.336 e. The normalized spacial score (nSPS) is 28.9. The second-order valence-corrected chi connectivity index (χ2v) is 6.29. The molecule has 10 heteroatoms. The molecule has 1 aliphatic rings. The second-order valence-electron chi connectivity index (χ2n) is 5.88. The average molecular weight is 387 g/mol. The van der Waals surface area contributed by atoms with E-state index in [1.54, 1.807) is 6.92 Å². The van der Waals surface area contributed by atoms with Crippen LogP contribution in [0.4, 0.5) is 0 Å². The van der Waals surface area contributed by atoms with Crippen molar-refractivity contribution < 1.29 is 39.1 Å². The number of hydrogen-bond donors (Lipinski definition) is 4. The van der Waals surface area contributed by atoms with Crippen molar-refractivity contribution in [1.82, 2.24) is 0 Å². The maximum atomic E-state index is 11.5. The Balaban J connectivity index is 1.96. The van der Waals surface area contributed by atoms with Crippen LogP contribution in [-0.2, 0) is 9.53 Å². The van der Waals surface area contributed by atoms with Crippen molar-refractivity contribution in [3.63, 3.8) is 0 Å². The van der Waals surface area contributed by atoms with Gasteiger partial charge in [0, 0.05) is 17.5 Å². The minimum atomic E-state index is -1.84. The highest BCUT2D eigenvalue weighted by atomic mass is 35.5. The summed E-state index contributed by atoms with van der Waals surface area (Å²) in [6, 6.07) is 4.05. The number of halogens is 1. The van der Waals surface area contributed by atoms with Gasteiger partial charge in [-0.1, -0.05) is 11.6 Å². The third kappa shape index (κ3) is 3.27. The maximum Gasteiger partial charge on any atom is 0.336 e. The summed E-state index contributed by atoms with van der Waals surface area (Å²) >= 11 is 6.14. The number of aliphatic hydroxyl groups is 3. The summed E-state index contributed by atoms with van der Waals surface area (Å²) in [4.78, 5) is 22.6. The molecule has 1 aromatic heterocycles. The fraction of sp³-hybridized carbons (Fsp3) is 0.375. The van der Waals surface area contributed by atoms with E-state index in [0.29, 0.717) is 10.9 Å². The number of aryl methyl sites for hydroxylation is 1. The molecule has 0 amide bonds. The average Bonchev–Trinajstić information content (AvgIpc) is 2.56. The summed E-state index contributed by atoms with van der Waals surface area (Å²) < 4.78 is 15.5. The predicted molar refractivity (Wildman–Crippen MR) is 87.2 cm³/mol. The third-order valence-corrected chi connectivity index (χ3v) is 4.36. The predicted octanol–water partition coefficient (Wildman–Crippen LogP) is 0.0258. The van der Waals surface area contributed by atoms with E-state index in [1.807, 2.05) is 0 Å². The lowest BCUT2D eigenvalue weighted by Crippen LogP contribution is -2.61. The molecule has 0 radical (unpaired) electrons. The summed E-state index contributed by atoms with van der Waals surface area (Å²) in [5, 5.41) is 39.2. The van der Waals surface area contributed by atoms with Crippen LogP contribution in [0.25, 0.3) is 11.0 Å². The SMILES string of the molecule is Cc1cc(=O)oc2cc(O[C@@H]3O[C@H](C(=O)O)[C@@H](O)[C@H](O)[C@@H]3O)c(Cl)cc12. The van der Waals surface area contributed by atoms with Crippen molar-refractivity contribution >= 4 is 28.5 Å². The Bertz CT molecular complexity index is 908. The Morgan fingerprint density at radius 2 is 1.85 bits per heavy atom. The molecule has 2 heterocycles. The van der Waals surface area contributed by atoms with E-state index in [0.717, 1.165) is 0 Å². The van der Waals surface area contributed by atoms with Gasteiger partial charge in [-0.15, -0.1) is 0 Å². The third-order valence-electron chi connectivity index (χ3n) is 4.06. The number of carboxylic acids is 1. The number of benzene rings is 1. The molecule has 1 aromatic carbocycles. The van der Waals surface area contributed by atoms with Gasteiger partial charge >= 0.3 is 11.6 Å². The first kappa shape index (κ1) is 18.6. The quantitative estimate of drug-likeness (QED) is 0.536. The van der Waals surface area contributed by atoms with Gasteiger partial charge in [0.25, 0.3) is 0 Å². The Labute approximate surface area is 150 Å². The van der Waals surface area contributed by atoms with Crippen LogP contribution >= 0.6 is 11.6 Å². The molecule has 0 aliphatic carbocycles. The lowest BCUT2D eigenvalue weighted by atomic mass is 9.99. The first-order valence-corrected chi connectivity index (χ1v) is 7.90. The molecule has 0 saturated carbocycles. The van der Waals surface area contributed by atoms with Gasteiger partial charge in [-0.25, -0.2) is 9.59 Å². The molecule has 1 fully saturated rings. The summed E-state index contributed by atoms with van der Waals surface area (Å²) in [6.45, 7) is 1.69. The van der Waals surface area contributed by atoms with Crippen LogP contribution in [0.15, 0.2) is 27.4 Å². The molecule has 2 aromatic rings. The van der Waals surface area contributed by atoms with E-state index in [1.165, 1.54) is 18.2 Å². The number of fused-ring (bicyclic) bond motifs is 1. The number of carbonyl (C=O) groups is 1. The van der Waals surface area contributed by atoms with E-state index >= 15 is 0 Å². The number of rotatable bonds is 3. The molecule has 26 heavy (non-hydrogen) atoms. The van der Waals surface area contributed by atoms with Crippen LogP contribution in [0.3, 0.4) is 0 Å². The van der Waals surface area contributed by atoms with Crippen LogP contribution in [-0.4, -0.2) is 57.1 Å². The fourth-order valence-electron chi connectivity index (χ4n) is 2.68. The number of hydrogen-bond acceptors (Lipinski definition) is 8. The van der Waals surface area contributed by atoms with Crippen molar-refractivity contribution in [3.8, 4) is 5.75 Å². The monoisotopic (exact) mass is 386 g/mol. The standard InChI is InChI=1S/C16H15ClO9/c1-5-2-10(18)24-8-4-9(7(17)3-6(5)8)25-16-13(21)11(19)12(20)14(26-16)15(22)23/h2-4,11-14,16,19-21H,1H3,(H,22,23)/t11-,12-,13-,14-,16+/m0/s1. The zero-order chi connectivity index (χ0) is 19.2. The van der Waals surface area contributed by atoms with Crippen molar-refractivity contribution in [2.24, 2.45) is 0 Å². The van der Waals surface area contributed by atoms with Crippen LogP contribution in [0.2, 0.25) is 5.02 Å². The molecule has 3 rings (SSSR count). The first-order valence-electron chi connectivity index (χ1n) is 7.52. The lowest BCUT2D eigenvalue weighted by molar-refractivity contribution is -0.271. The van der Waals surface area contributed by atoms with E-state index in [9.17, 15) is 24.9 Å². The van der Waals surface area contributed by atoms with Crippen LogP contribution < -0.4 is 10.4 Å². The van der Waals surface area contributed by atoms with E-state index in [-0.39, 0.29) is 16.4 Å². The molecule has 0 spiro atoms. The van der Waals surface area contributed by atoms with E-state index < -0.39 is 42.3 Å². The zero-order valence-electron chi connectivity index (χ0n) is 13.3. The molecular weight excluding hydrogens is 372 g/mol. The first-order chi connectivity index (χ1) is 12.2. The Hall–Kier alpha value is -2.17. The minimum Gasteiger partial charge on any atom is -0.479 e. The highest BCUT2D eigenvalue weighted by Crippen LogP contribution is 2.33. The molecule has 0 unspecified atom stereocenters. The van der Waals surface area contributed by atoms with Gasteiger partial charge in [-0.3, -0.25) is 0 Å². The number of aliphatic hydroxyl groups excluding tert-OH is 3. The molecule has 140 valence electrons. The zero-order valence-corrected chi connectivity index (χ0v) is 14.1. The van der Waals surface area contributed by atoms with Gasteiger partial charge in [-0.2, -0.15) is 0 Å². The van der Waals surface area contributed by atoms with Gasteiger partial charge in [0.1, 0.15) is 29.6 Å². The van der Waals surface area contributed by atoms with Gasteiger partial charge in [0.05, 0.1) is 5.02 Å². The van der Waals surface area contributed by atoms with E-state index in [2.05, 4.69) is 0 Å². The topological polar surface area (TPSA) is 147 Å². The number of aliphatic carboxylic acids is 1. The summed E-state index contributed by atoms with van der Waals surface area (Å²) in [6.07, 6.45) is -8.82. The van der Waals surface area contributed by atoms with Crippen LogP contribution in [0.1, 0.15) is 5.56 Å². The van der Waals surface area contributed by atoms with Gasteiger partial charge in [0.15, 0.2) is 6.10 Å². The number of ether oxygens (including phenoxy) is 2. The van der Waals surface area contributed by atoms with Crippen molar-refractivity contribution in [2.75, 3.05) is 0 Å². The van der Waals surface area contributed by atoms with Crippen molar-refractivity contribution in [3.05, 3.63) is 39.2 Å². The molecule has 9 nitrogen and oxygen atoms in total. The van der Waals surface area contributed by atoms with Crippen molar-refractivity contribution in [2.45, 2.75) is 37.6 Å². The highest BCUT2D eigenvalue weighted by molar-refractivity contribution is 6.32. The maximum absolute atomic E-state index is 11.5. The molecule has 1 aliphatic heterocycles. The number of carboxylic acid groups (broad SMARTS) is 1. The molecule has 0 bridgehead atoms. The Morgan fingerprint density at radius 3 is 2.50 bits per heavy atom. The lowest BCUT2D eigenvalue weighted by Gasteiger charge is -2.38. The summed E-state index contributed by atoms with van der Waals surface area (Å²) in [5.41, 5.74) is 0.208. The second kappa shape index (κ2) is 6.86. The van der Waals surface area contributed by atoms with Gasteiger partial charge in [0.2, 0.25) is 6.29 Å². The fourth-order valence-corrected chi connectivity index (χ4v) is 2.89. The van der Waals surface area contributed by atoms with Gasteiger partial charge < -0.3 is 34.3 Å². The van der Waals surface area contributed by atoms with Gasteiger partial charge in [-0.05, 0) is 18.6 Å². The summed E-state index contributed by atoms with van der Waals surface area (Å²) in [5.74, 6) is -1.60. The molecular formula is C16H15ClO9. The Morgan fingerprint density at radius 1 is 1.15 bits per heavy atom. The molecule has 5 atom stereocenters. The minimum absolute atomic E-state index is 0.0651. The molecule has 1 saturated heterocycles.